The summed E-state index contributed by atoms with van der Waals surface area (Å²) in [7, 11) is 0. The number of carbonyl (C=O) groups excluding carboxylic acids is 2. The summed E-state index contributed by atoms with van der Waals surface area (Å²) in [5.41, 5.74) is 0.851. The number of anilines is 1. The van der Waals surface area contributed by atoms with E-state index in [1.807, 2.05) is 24.3 Å². The van der Waals surface area contributed by atoms with Crippen LogP contribution in [0.15, 0.2) is 53.4 Å². The molecule has 1 aliphatic rings. The van der Waals surface area contributed by atoms with E-state index in [0.29, 0.717) is 23.1 Å². The van der Waals surface area contributed by atoms with Crippen molar-refractivity contribution in [3.05, 3.63) is 53.6 Å². The van der Waals surface area contributed by atoms with Crippen LogP contribution in [-0.2, 0) is 9.59 Å². The van der Waals surface area contributed by atoms with Gasteiger partial charge in [0.05, 0.1) is 17.9 Å². The number of fused-ring (bicyclic) bond motifs is 1. The van der Waals surface area contributed by atoms with Crippen LogP contribution in [0.2, 0.25) is 5.02 Å². The SMILES string of the molecule is O=C(CCN1C(=O)CSc2ccccc21)Oc1cccc(Cl)c1. The van der Waals surface area contributed by atoms with Gasteiger partial charge >= 0.3 is 5.97 Å². The number of hydrogen-bond donors (Lipinski definition) is 0. The fourth-order valence-electron chi connectivity index (χ4n) is 2.32. The zero-order chi connectivity index (χ0) is 16.2. The molecule has 118 valence electrons. The summed E-state index contributed by atoms with van der Waals surface area (Å²) in [6.45, 7) is 0.301. The molecule has 2 aromatic carbocycles. The summed E-state index contributed by atoms with van der Waals surface area (Å²) in [6.07, 6.45) is 0.122. The molecule has 2 aromatic rings. The zero-order valence-electron chi connectivity index (χ0n) is 12.2. The number of amides is 1. The number of esters is 1. The molecule has 0 unspecified atom stereocenters. The highest BCUT2D eigenvalue weighted by Gasteiger charge is 2.24. The Bertz CT molecular complexity index is 750. The molecule has 0 fully saturated rings. The molecule has 23 heavy (non-hydrogen) atoms. The maximum atomic E-state index is 12.1. The molecule has 0 saturated carbocycles. The minimum absolute atomic E-state index is 0.00394. The van der Waals surface area contributed by atoms with E-state index in [2.05, 4.69) is 0 Å². The highest BCUT2D eigenvalue weighted by atomic mass is 35.5. The third-order valence-corrected chi connectivity index (χ3v) is 4.66. The number of rotatable bonds is 4. The first-order valence-corrected chi connectivity index (χ1v) is 8.48. The monoisotopic (exact) mass is 347 g/mol. The van der Waals surface area contributed by atoms with Gasteiger partial charge in [0, 0.05) is 16.5 Å². The number of carbonyl (C=O) groups is 2. The highest BCUT2D eigenvalue weighted by Crippen LogP contribution is 2.34. The second kappa shape index (κ2) is 7.06. The first-order chi connectivity index (χ1) is 11.1. The lowest BCUT2D eigenvalue weighted by atomic mass is 10.2. The predicted octanol–water partition coefficient (Wildman–Crippen LogP) is 3.77. The van der Waals surface area contributed by atoms with Crippen LogP contribution >= 0.6 is 23.4 Å². The van der Waals surface area contributed by atoms with Gasteiger partial charge in [0.15, 0.2) is 0 Å². The van der Waals surface area contributed by atoms with Crippen LogP contribution in [0.25, 0.3) is 0 Å². The van der Waals surface area contributed by atoms with Crippen molar-refractivity contribution in [3.8, 4) is 5.75 Å². The molecule has 0 bridgehead atoms. The third kappa shape index (κ3) is 3.86. The number of ether oxygens (including phenoxy) is 1. The fourth-order valence-corrected chi connectivity index (χ4v) is 3.43. The maximum Gasteiger partial charge on any atom is 0.312 e. The Morgan fingerprint density at radius 1 is 1.22 bits per heavy atom. The lowest BCUT2D eigenvalue weighted by molar-refractivity contribution is -0.134. The van der Waals surface area contributed by atoms with Crippen molar-refractivity contribution >= 4 is 40.9 Å². The summed E-state index contributed by atoms with van der Waals surface area (Å²) in [4.78, 5) is 26.8. The topological polar surface area (TPSA) is 46.6 Å². The molecule has 1 heterocycles. The first kappa shape index (κ1) is 15.9. The quantitative estimate of drug-likeness (QED) is 0.624. The molecule has 0 aliphatic carbocycles. The molecular formula is C17H14ClNO3S. The summed E-state index contributed by atoms with van der Waals surface area (Å²) >= 11 is 7.37. The lowest BCUT2D eigenvalue weighted by Gasteiger charge is -2.28. The van der Waals surface area contributed by atoms with Crippen LogP contribution in [0, 0.1) is 0 Å². The van der Waals surface area contributed by atoms with E-state index >= 15 is 0 Å². The Kier molecular flexibility index (Phi) is 4.88. The normalized spacial score (nSPS) is 13.6. The Morgan fingerprint density at radius 3 is 2.87 bits per heavy atom. The van der Waals surface area contributed by atoms with Gasteiger partial charge in [-0.3, -0.25) is 9.59 Å². The molecule has 1 aliphatic heterocycles. The Morgan fingerprint density at radius 2 is 2.04 bits per heavy atom. The maximum absolute atomic E-state index is 12.1. The predicted molar refractivity (Wildman–Crippen MR) is 91.2 cm³/mol. The van der Waals surface area contributed by atoms with Crippen molar-refractivity contribution in [1.29, 1.82) is 0 Å². The Hall–Kier alpha value is -1.98. The van der Waals surface area contributed by atoms with Crippen LogP contribution in [0.4, 0.5) is 5.69 Å². The van der Waals surface area contributed by atoms with Gasteiger partial charge < -0.3 is 9.64 Å². The van der Waals surface area contributed by atoms with E-state index in [9.17, 15) is 9.59 Å². The van der Waals surface area contributed by atoms with Crippen LogP contribution in [0.3, 0.4) is 0 Å². The molecule has 0 spiro atoms. The molecule has 1 amide bonds. The zero-order valence-corrected chi connectivity index (χ0v) is 13.8. The summed E-state index contributed by atoms with van der Waals surface area (Å²) in [5.74, 6) is 0.406. The van der Waals surface area contributed by atoms with Crippen LogP contribution in [-0.4, -0.2) is 24.2 Å². The van der Waals surface area contributed by atoms with Gasteiger partial charge in [0.25, 0.3) is 0 Å². The van der Waals surface area contributed by atoms with Crippen molar-refractivity contribution in [2.45, 2.75) is 11.3 Å². The van der Waals surface area contributed by atoms with Crippen LogP contribution < -0.4 is 9.64 Å². The van der Waals surface area contributed by atoms with E-state index in [1.54, 1.807) is 29.2 Å². The van der Waals surface area contributed by atoms with Crippen LogP contribution in [0.5, 0.6) is 5.75 Å². The van der Waals surface area contributed by atoms with Crippen molar-refractivity contribution in [2.75, 3.05) is 17.2 Å². The summed E-state index contributed by atoms with van der Waals surface area (Å²) < 4.78 is 5.24. The fraction of sp³-hybridized carbons (Fsp3) is 0.176. The van der Waals surface area contributed by atoms with E-state index in [0.717, 1.165) is 10.6 Å². The number of nitrogens with zero attached hydrogens (tertiary/aromatic N) is 1. The van der Waals surface area contributed by atoms with Gasteiger partial charge in [-0.1, -0.05) is 29.8 Å². The number of thioether (sulfide) groups is 1. The van der Waals surface area contributed by atoms with Crippen molar-refractivity contribution < 1.29 is 14.3 Å². The van der Waals surface area contributed by atoms with Gasteiger partial charge in [-0.2, -0.15) is 0 Å². The standard InChI is InChI=1S/C17H14ClNO3S/c18-12-4-3-5-13(10-12)22-17(21)8-9-19-14-6-1-2-7-15(14)23-11-16(19)20/h1-7,10H,8-9,11H2. The van der Waals surface area contributed by atoms with E-state index in [-0.39, 0.29) is 12.3 Å². The lowest BCUT2D eigenvalue weighted by Crippen LogP contribution is -2.37. The van der Waals surface area contributed by atoms with E-state index in [1.165, 1.54) is 11.8 Å². The second-order valence-corrected chi connectivity index (χ2v) is 6.44. The van der Waals surface area contributed by atoms with Gasteiger partial charge in [-0.25, -0.2) is 0 Å². The van der Waals surface area contributed by atoms with Gasteiger partial charge in [-0.05, 0) is 30.3 Å². The number of benzene rings is 2. The smallest absolute Gasteiger partial charge is 0.312 e. The molecule has 0 radical (unpaired) electrons. The largest absolute Gasteiger partial charge is 0.426 e. The third-order valence-electron chi connectivity index (χ3n) is 3.38. The Balaban J connectivity index is 1.64. The van der Waals surface area contributed by atoms with Crippen molar-refractivity contribution in [3.63, 3.8) is 0 Å². The van der Waals surface area contributed by atoms with Gasteiger partial charge in [0.2, 0.25) is 5.91 Å². The summed E-state index contributed by atoms with van der Waals surface area (Å²) in [5, 5.41) is 0.507. The average Bonchev–Trinajstić information content (AvgIpc) is 2.54. The van der Waals surface area contributed by atoms with Gasteiger partial charge in [-0.15, -0.1) is 11.8 Å². The molecule has 0 aromatic heterocycles. The van der Waals surface area contributed by atoms with Crippen LogP contribution in [0.1, 0.15) is 6.42 Å². The molecule has 6 heteroatoms. The highest BCUT2D eigenvalue weighted by molar-refractivity contribution is 8.00. The Labute approximate surface area is 143 Å². The molecule has 0 atom stereocenters. The van der Waals surface area contributed by atoms with Crippen molar-refractivity contribution in [2.24, 2.45) is 0 Å². The second-order valence-electron chi connectivity index (χ2n) is 4.98. The number of halogens is 1. The minimum Gasteiger partial charge on any atom is -0.426 e. The van der Waals surface area contributed by atoms with Crippen molar-refractivity contribution in [1.82, 2.24) is 0 Å². The average molecular weight is 348 g/mol. The van der Waals surface area contributed by atoms with E-state index < -0.39 is 5.97 Å². The molecule has 0 saturated heterocycles. The van der Waals surface area contributed by atoms with E-state index in [4.69, 9.17) is 16.3 Å². The number of hydrogen-bond acceptors (Lipinski definition) is 4. The van der Waals surface area contributed by atoms with Gasteiger partial charge in [0.1, 0.15) is 5.75 Å². The molecule has 4 nitrogen and oxygen atoms in total. The molecule has 0 N–H and O–H groups in total. The molecular weight excluding hydrogens is 334 g/mol. The minimum atomic E-state index is -0.393. The molecule has 3 rings (SSSR count). The summed E-state index contributed by atoms with van der Waals surface area (Å²) in [6, 6.07) is 14.4. The number of para-hydroxylation sites is 1. The first-order valence-electron chi connectivity index (χ1n) is 7.12.